The van der Waals surface area contributed by atoms with Crippen molar-refractivity contribution < 1.29 is 23.5 Å². The monoisotopic (exact) mass is 523 g/mol. The minimum absolute atomic E-state index is 0.0201. The largest absolute Gasteiger partial charge is 0.375 e. The third kappa shape index (κ3) is 5.23. The van der Waals surface area contributed by atoms with Crippen LogP contribution in [0.15, 0.2) is 12.1 Å². The van der Waals surface area contributed by atoms with E-state index >= 15 is 0 Å². The molecule has 0 saturated carbocycles. The van der Waals surface area contributed by atoms with E-state index in [4.69, 9.17) is 4.74 Å². The summed E-state index contributed by atoms with van der Waals surface area (Å²) in [6.07, 6.45) is 7.01. The second-order valence-electron chi connectivity index (χ2n) is 10.2. The Bertz CT molecular complexity index is 1290. The molecule has 0 radical (unpaired) electrons. The minimum Gasteiger partial charge on any atom is -0.375 e. The Hall–Kier alpha value is -3.50. The summed E-state index contributed by atoms with van der Waals surface area (Å²) in [5.41, 5.74) is 4.06. The van der Waals surface area contributed by atoms with Crippen molar-refractivity contribution in [3.8, 4) is 0 Å². The van der Waals surface area contributed by atoms with E-state index in [0.29, 0.717) is 34.6 Å². The van der Waals surface area contributed by atoms with Crippen LogP contribution in [0.25, 0.3) is 11.6 Å². The molecule has 4 heterocycles. The van der Waals surface area contributed by atoms with Crippen LogP contribution in [0.2, 0.25) is 0 Å². The van der Waals surface area contributed by atoms with Crippen molar-refractivity contribution in [2.45, 2.75) is 39.0 Å². The van der Waals surface area contributed by atoms with Crippen LogP contribution in [0, 0.1) is 12.7 Å². The fourth-order valence-corrected chi connectivity index (χ4v) is 5.58. The van der Waals surface area contributed by atoms with E-state index in [1.54, 1.807) is 6.08 Å². The van der Waals surface area contributed by atoms with Crippen LogP contribution < -0.4 is 10.6 Å². The van der Waals surface area contributed by atoms with Crippen LogP contribution >= 0.6 is 0 Å². The molecular formula is C28H34FN5O4. The smallest absolute Gasteiger partial charge is 0.256 e. The first-order valence-corrected chi connectivity index (χ1v) is 13.2. The van der Waals surface area contributed by atoms with Gasteiger partial charge in [0.05, 0.1) is 22.5 Å². The number of anilines is 2. The molecule has 202 valence electrons. The molecule has 0 aliphatic carbocycles. The van der Waals surface area contributed by atoms with Crippen LogP contribution in [-0.2, 0) is 20.7 Å². The Labute approximate surface area is 221 Å². The van der Waals surface area contributed by atoms with Crippen molar-refractivity contribution in [1.29, 1.82) is 0 Å². The van der Waals surface area contributed by atoms with Gasteiger partial charge in [-0.25, -0.2) is 4.39 Å². The summed E-state index contributed by atoms with van der Waals surface area (Å²) in [5, 5.41) is 5.19. The van der Waals surface area contributed by atoms with E-state index in [2.05, 4.69) is 20.5 Å². The van der Waals surface area contributed by atoms with Crippen LogP contribution in [-0.4, -0.2) is 78.9 Å². The summed E-state index contributed by atoms with van der Waals surface area (Å²) < 4.78 is 19.6. The van der Waals surface area contributed by atoms with E-state index in [-0.39, 0.29) is 24.1 Å². The maximum Gasteiger partial charge on any atom is 0.256 e. The number of benzene rings is 1. The Kier molecular flexibility index (Phi) is 7.62. The van der Waals surface area contributed by atoms with Crippen molar-refractivity contribution in [2.24, 2.45) is 0 Å². The molecule has 0 spiro atoms. The van der Waals surface area contributed by atoms with E-state index in [1.807, 2.05) is 11.8 Å². The van der Waals surface area contributed by atoms with Crippen LogP contribution in [0.4, 0.5) is 15.8 Å². The van der Waals surface area contributed by atoms with E-state index in [9.17, 15) is 18.8 Å². The molecule has 3 N–H and O–H groups in total. The SMILES string of the molecule is COCC(=O)Nc1cc2c(cc1F)/C(=C/c1[nH]c3c(c1C)C(=O)N(CCN1CCCCC1)CCC3)C(=O)N2. The van der Waals surface area contributed by atoms with Crippen LogP contribution in [0.1, 0.15) is 58.6 Å². The predicted molar refractivity (Wildman–Crippen MR) is 143 cm³/mol. The second kappa shape index (κ2) is 11.1. The Morgan fingerprint density at radius 1 is 1.13 bits per heavy atom. The number of rotatable bonds is 7. The minimum atomic E-state index is -0.658. The van der Waals surface area contributed by atoms with Gasteiger partial charge in [-0.3, -0.25) is 14.4 Å². The van der Waals surface area contributed by atoms with Gasteiger partial charge in [-0.1, -0.05) is 6.42 Å². The van der Waals surface area contributed by atoms with Crippen molar-refractivity contribution >= 4 is 40.7 Å². The topological polar surface area (TPSA) is 107 Å². The second-order valence-corrected chi connectivity index (χ2v) is 10.2. The van der Waals surface area contributed by atoms with Gasteiger partial charge >= 0.3 is 0 Å². The van der Waals surface area contributed by atoms with E-state index in [1.165, 1.54) is 38.5 Å². The molecule has 9 nitrogen and oxygen atoms in total. The molecule has 3 amide bonds. The zero-order valence-electron chi connectivity index (χ0n) is 21.9. The predicted octanol–water partition coefficient (Wildman–Crippen LogP) is 3.41. The molecule has 1 saturated heterocycles. The molecule has 0 atom stereocenters. The van der Waals surface area contributed by atoms with Gasteiger partial charge in [-0.05, 0) is 69.5 Å². The van der Waals surface area contributed by atoms with Gasteiger partial charge in [0.25, 0.3) is 11.8 Å². The number of amides is 3. The van der Waals surface area contributed by atoms with Crippen molar-refractivity contribution in [3.05, 3.63) is 46.0 Å². The van der Waals surface area contributed by atoms with Gasteiger partial charge in [0.2, 0.25) is 5.91 Å². The number of nitrogens with one attached hydrogen (secondary N) is 3. The van der Waals surface area contributed by atoms with Crippen molar-refractivity contribution in [2.75, 3.05) is 57.1 Å². The molecule has 3 aliphatic heterocycles. The molecule has 1 aromatic heterocycles. The van der Waals surface area contributed by atoms with Crippen LogP contribution in [0.5, 0.6) is 0 Å². The molecule has 2 aromatic rings. The van der Waals surface area contributed by atoms with Gasteiger partial charge in [0.1, 0.15) is 12.4 Å². The normalized spacial score (nSPS) is 18.8. The number of nitrogens with zero attached hydrogens (tertiary/aromatic N) is 2. The zero-order valence-corrected chi connectivity index (χ0v) is 21.9. The number of carbonyl (C=O) groups excluding carboxylic acids is 3. The molecule has 0 bridgehead atoms. The lowest BCUT2D eigenvalue weighted by molar-refractivity contribution is -0.119. The summed E-state index contributed by atoms with van der Waals surface area (Å²) in [6.45, 7) is 6.19. The Morgan fingerprint density at radius 3 is 2.68 bits per heavy atom. The van der Waals surface area contributed by atoms with Gasteiger partial charge in [-0.2, -0.15) is 0 Å². The number of piperidine rings is 1. The summed E-state index contributed by atoms with van der Waals surface area (Å²) in [6, 6.07) is 2.63. The third-order valence-electron chi connectivity index (χ3n) is 7.59. The van der Waals surface area contributed by atoms with Crippen LogP contribution in [0.3, 0.4) is 0 Å². The molecule has 3 aliphatic rings. The van der Waals surface area contributed by atoms with Gasteiger partial charge in [-0.15, -0.1) is 0 Å². The fraction of sp³-hybridized carbons (Fsp3) is 0.464. The lowest BCUT2D eigenvalue weighted by Gasteiger charge is -2.29. The standard InChI is InChI=1S/C28H34FN5O4/c1-17-22(14-19-18-13-20(29)24(31-25(35)16-38-2)15-23(18)32-27(19)36)30-21-7-6-10-34(28(37)26(17)21)12-11-33-8-4-3-5-9-33/h13-15,30H,3-12,16H2,1-2H3,(H,31,35)(H,32,36)/b19-14-. The summed E-state index contributed by atoms with van der Waals surface area (Å²) in [4.78, 5) is 46.0. The summed E-state index contributed by atoms with van der Waals surface area (Å²) in [5.74, 6) is -1.51. The molecule has 5 rings (SSSR count). The highest BCUT2D eigenvalue weighted by molar-refractivity contribution is 6.35. The number of hydrogen-bond acceptors (Lipinski definition) is 5. The number of H-pyrrole nitrogens is 1. The molecule has 1 fully saturated rings. The van der Waals surface area contributed by atoms with Gasteiger partial charge < -0.3 is 30.2 Å². The third-order valence-corrected chi connectivity index (χ3v) is 7.59. The number of hydrogen-bond donors (Lipinski definition) is 3. The molecule has 10 heteroatoms. The number of methoxy groups -OCH3 is 1. The van der Waals surface area contributed by atoms with Gasteiger partial charge in [0.15, 0.2) is 0 Å². The number of aromatic nitrogens is 1. The number of likely N-dealkylation sites (tertiary alicyclic amines) is 1. The fourth-order valence-electron chi connectivity index (χ4n) is 5.58. The highest BCUT2D eigenvalue weighted by atomic mass is 19.1. The quantitative estimate of drug-likeness (QED) is 0.483. The van der Waals surface area contributed by atoms with Crippen molar-refractivity contribution in [1.82, 2.24) is 14.8 Å². The average Bonchev–Trinajstić information content (AvgIpc) is 3.30. The summed E-state index contributed by atoms with van der Waals surface area (Å²) in [7, 11) is 1.37. The first kappa shape index (κ1) is 26.1. The number of fused-ring (bicyclic) bond motifs is 2. The lowest BCUT2D eigenvalue weighted by Crippen LogP contribution is -2.40. The Morgan fingerprint density at radius 2 is 1.92 bits per heavy atom. The Balaban J connectivity index is 1.39. The number of halogens is 1. The molecular weight excluding hydrogens is 489 g/mol. The zero-order chi connectivity index (χ0) is 26.8. The van der Waals surface area contributed by atoms with Crippen molar-refractivity contribution in [3.63, 3.8) is 0 Å². The molecule has 0 unspecified atom stereocenters. The average molecular weight is 524 g/mol. The number of aromatic amines is 1. The van der Waals surface area contributed by atoms with E-state index < -0.39 is 11.7 Å². The van der Waals surface area contributed by atoms with E-state index in [0.717, 1.165) is 50.3 Å². The number of carbonyl (C=O) groups is 3. The molecule has 38 heavy (non-hydrogen) atoms. The summed E-state index contributed by atoms with van der Waals surface area (Å²) >= 11 is 0. The maximum absolute atomic E-state index is 14.8. The highest BCUT2D eigenvalue weighted by Crippen LogP contribution is 2.37. The first-order chi connectivity index (χ1) is 18.4. The maximum atomic E-state index is 14.8. The number of ether oxygens (including phenoxy) is 1. The lowest BCUT2D eigenvalue weighted by atomic mass is 10.0. The molecule has 1 aromatic carbocycles. The van der Waals surface area contributed by atoms with Gasteiger partial charge in [0, 0.05) is 43.7 Å². The first-order valence-electron chi connectivity index (χ1n) is 13.2. The number of aryl methyl sites for hydroxylation is 1. The highest BCUT2D eigenvalue weighted by Gasteiger charge is 2.30.